The first-order chi connectivity index (χ1) is 8.02. The van der Waals surface area contributed by atoms with Crippen LogP contribution in [0.4, 0.5) is 0 Å². The van der Waals surface area contributed by atoms with Crippen LogP contribution >= 0.6 is 11.6 Å². The lowest BCUT2D eigenvalue weighted by Gasteiger charge is -2.13. The normalized spacial score (nSPS) is 15.2. The standard InChI is InChI=1S/C12H12ClN3O/c1-7-10(13)8-5-3-4-6-9(8)11(12(14)17)15-16(7)2/h3-6H,1-2H3,(H2,14,17). The van der Waals surface area contributed by atoms with Crippen LogP contribution in [-0.2, 0) is 4.79 Å². The third-order valence-electron chi connectivity index (χ3n) is 2.71. The van der Waals surface area contributed by atoms with Crippen LogP contribution in [0, 0.1) is 0 Å². The molecule has 0 atom stereocenters. The molecule has 5 heteroatoms. The summed E-state index contributed by atoms with van der Waals surface area (Å²) in [7, 11) is 1.73. The minimum Gasteiger partial charge on any atom is -0.364 e. The molecule has 0 saturated carbocycles. The molecule has 0 spiro atoms. The Morgan fingerprint density at radius 1 is 1.35 bits per heavy atom. The molecule has 2 rings (SSSR count). The fourth-order valence-electron chi connectivity index (χ4n) is 1.68. The van der Waals surface area contributed by atoms with E-state index in [9.17, 15) is 4.79 Å². The Bertz CT molecular complexity index is 548. The Hall–Kier alpha value is -1.81. The predicted octanol–water partition coefficient (Wildman–Crippen LogP) is 1.75. The first-order valence-corrected chi connectivity index (χ1v) is 5.48. The number of nitrogens with zero attached hydrogens (tertiary/aromatic N) is 2. The van der Waals surface area contributed by atoms with E-state index in [1.807, 2.05) is 25.1 Å². The number of hydrogen-bond donors (Lipinski definition) is 1. The molecule has 0 bridgehead atoms. The molecule has 0 aromatic heterocycles. The third kappa shape index (κ3) is 1.91. The number of fused-ring (bicyclic) bond motifs is 1. The molecule has 0 radical (unpaired) electrons. The molecule has 1 aromatic carbocycles. The summed E-state index contributed by atoms with van der Waals surface area (Å²) in [5.41, 5.74) is 7.77. The first kappa shape index (κ1) is 11.7. The first-order valence-electron chi connectivity index (χ1n) is 5.10. The van der Waals surface area contributed by atoms with Crippen LogP contribution in [0.3, 0.4) is 0 Å². The van der Waals surface area contributed by atoms with Gasteiger partial charge in [0.2, 0.25) is 0 Å². The number of allylic oxidation sites excluding steroid dienone is 1. The van der Waals surface area contributed by atoms with Crippen LogP contribution < -0.4 is 5.73 Å². The topological polar surface area (TPSA) is 58.7 Å². The Kier molecular flexibility index (Phi) is 2.90. The van der Waals surface area contributed by atoms with E-state index in [2.05, 4.69) is 5.10 Å². The quantitative estimate of drug-likeness (QED) is 0.824. The molecular weight excluding hydrogens is 238 g/mol. The van der Waals surface area contributed by atoms with Crippen molar-refractivity contribution in [2.45, 2.75) is 6.92 Å². The molecule has 0 saturated heterocycles. The van der Waals surface area contributed by atoms with E-state index in [4.69, 9.17) is 17.3 Å². The number of hydrazone groups is 1. The SMILES string of the molecule is CC1=C(Cl)c2ccccc2C(C(N)=O)=NN1C. The van der Waals surface area contributed by atoms with Crippen molar-refractivity contribution in [2.75, 3.05) is 7.05 Å². The molecule has 4 nitrogen and oxygen atoms in total. The highest BCUT2D eigenvalue weighted by Crippen LogP contribution is 2.30. The monoisotopic (exact) mass is 249 g/mol. The second kappa shape index (κ2) is 4.22. The number of amides is 1. The number of hydrogen-bond acceptors (Lipinski definition) is 3. The van der Waals surface area contributed by atoms with Crippen LogP contribution in [-0.4, -0.2) is 23.7 Å². The van der Waals surface area contributed by atoms with E-state index in [0.717, 1.165) is 11.3 Å². The van der Waals surface area contributed by atoms with Crippen molar-refractivity contribution in [3.05, 3.63) is 41.1 Å². The van der Waals surface area contributed by atoms with Crippen molar-refractivity contribution in [1.29, 1.82) is 0 Å². The van der Waals surface area contributed by atoms with Gasteiger partial charge in [0.05, 0.1) is 10.7 Å². The van der Waals surface area contributed by atoms with Gasteiger partial charge in [-0.25, -0.2) is 0 Å². The maximum Gasteiger partial charge on any atom is 0.269 e. The second-order valence-corrected chi connectivity index (χ2v) is 4.16. The summed E-state index contributed by atoms with van der Waals surface area (Å²) in [6.07, 6.45) is 0. The zero-order valence-electron chi connectivity index (χ0n) is 9.57. The number of benzene rings is 1. The van der Waals surface area contributed by atoms with Gasteiger partial charge in [0.1, 0.15) is 0 Å². The maximum absolute atomic E-state index is 11.4. The summed E-state index contributed by atoms with van der Waals surface area (Å²) >= 11 is 6.28. The highest BCUT2D eigenvalue weighted by Gasteiger charge is 2.22. The zero-order valence-corrected chi connectivity index (χ0v) is 10.3. The molecule has 2 N–H and O–H groups in total. The van der Waals surface area contributed by atoms with Gasteiger partial charge in [-0.3, -0.25) is 9.80 Å². The van der Waals surface area contributed by atoms with Gasteiger partial charge in [0.15, 0.2) is 5.71 Å². The summed E-state index contributed by atoms with van der Waals surface area (Å²) < 4.78 is 0. The van der Waals surface area contributed by atoms with Gasteiger partial charge in [-0.1, -0.05) is 35.9 Å². The molecule has 0 aliphatic carbocycles. The van der Waals surface area contributed by atoms with Crippen LogP contribution in [0.2, 0.25) is 0 Å². The average Bonchev–Trinajstić information content (AvgIpc) is 2.41. The summed E-state index contributed by atoms with van der Waals surface area (Å²) in [6, 6.07) is 7.31. The van der Waals surface area contributed by atoms with Crippen molar-refractivity contribution >= 4 is 28.3 Å². The fraction of sp³-hybridized carbons (Fsp3) is 0.167. The van der Waals surface area contributed by atoms with E-state index >= 15 is 0 Å². The summed E-state index contributed by atoms with van der Waals surface area (Å²) in [6.45, 7) is 1.84. The van der Waals surface area contributed by atoms with Gasteiger partial charge in [-0.2, -0.15) is 5.10 Å². The predicted molar refractivity (Wildman–Crippen MR) is 68.4 cm³/mol. The minimum absolute atomic E-state index is 0.220. The van der Waals surface area contributed by atoms with Crippen LogP contribution in [0.1, 0.15) is 18.1 Å². The van der Waals surface area contributed by atoms with E-state index in [1.165, 1.54) is 0 Å². The zero-order chi connectivity index (χ0) is 12.6. The smallest absolute Gasteiger partial charge is 0.269 e. The Labute approximate surface area is 104 Å². The summed E-state index contributed by atoms with van der Waals surface area (Å²) in [5, 5.41) is 6.31. The largest absolute Gasteiger partial charge is 0.364 e. The number of carbonyl (C=O) groups is 1. The lowest BCUT2D eigenvalue weighted by Crippen LogP contribution is -2.26. The number of nitrogens with two attached hydrogens (primary N) is 1. The van der Waals surface area contributed by atoms with Crippen LogP contribution in [0.5, 0.6) is 0 Å². The molecule has 1 heterocycles. The highest BCUT2D eigenvalue weighted by atomic mass is 35.5. The highest BCUT2D eigenvalue weighted by molar-refractivity contribution is 6.52. The Morgan fingerprint density at radius 3 is 2.53 bits per heavy atom. The fourth-order valence-corrected chi connectivity index (χ4v) is 1.97. The second-order valence-electron chi connectivity index (χ2n) is 3.78. The molecular formula is C12H12ClN3O. The van der Waals surface area contributed by atoms with E-state index < -0.39 is 5.91 Å². The van der Waals surface area contributed by atoms with Crippen molar-refractivity contribution in [2.24, 2.45) is 10.8 Å². The van der Waals surface area contributed by atoms with Gasteiger partial charge in [-0.15, -0.1) is 0 Å². The lowest BCUT2D eigenvalue weighted by molar-refractivity contribution is -0.112. The van der Waals surface area contributed by atoms with Crippen molar-refractivity contribution in [1.82, 2.24) is 5.01 Å². The van der Waals surface area contributed by atoms with Gasteiger partial charge >= 0.3 is 0 Å². The van der Waals surface area contributed by atoms with Crippen molar-refractivity contribution in [3.8, 4) is 0 Å². The van der Waals surface area contributed by atoms with Gasteiger partial charge in [-0.05, 0) is 6.92 Å². The molecule has 0 fully saturated rings. The molecule has 0 unspecified atom stereocenters. The number of carbonyl (C=O) groups excluding carboxylic acids is 1. The Balaban J connectivity index is 2.75. The van der Waals surface area contributed by atoms with Gasteiger partial charge in [0.25, 0.3) is 5.91 Å². The van der Waals surface area contributed by atoms with E-state index in [-0.39, 0.29) is 5.71 Å². The van der Waals surface area contributed by atoms with Crippen LogP contribution in [0.15, 0.2) is 35.1 Å². The van der Waals surface area contributed by atoms with Crippen molar-refractivity contribution in [3.63, 3.8) is 0 Å². The van der Waals surface area contributed by atoms with E-state index in [0.29, 0.717) is 10.6 Å². The molecule has 1 aromatic rings. The molecule has 88 valence electrons. The van der Waals surface area contributed by atoms with Gasteiger partial charge in [0, 0.05) is 18.2 Å². The number of rotatable bonds is 1. The number of primary amides is 1. The molecule has 1 amide bonds. The minimum atomic E-state index is -0.566. The van der Waals surface area contributed by atoms with Crippen LogP contribution in [0.25, 0.3) is 5.03 Å². The Morgan fingerprint density at radius 2 is 1.94 bits per heavy atom. The molecule has 1 aliphatic rings. The van der Waals surface area contributed by atoms with E-state index in [1.54, 1.807) is 18.1 Å². The maximum atomic E-state index is 11.4. The molecule has 17 heavy (non-hydrogen) atoms. The third-order valence-corrected chi connectivity index (χ3v) is 3.18. The average molecular weight is 250 g/mol. The lowest BCUT2D eigenvalue weighted by atomic mass is 10.0. The summed E-state index contributed by atoms with van der Waals surface area (Å²) in [4.78, 5) is 11.4. The number of halogens is 1. The molecule has 1 aliphatic heterocycles. The van der Waals surface area contributed by atoms with Gasteiger partial charge < -0.3 is 5.73 Å². The van der Waals surface area contributed by atoms with Crippen molar-refractivity contribution < 1.29 is 4.79 Å². The summed E-state index contributed by atoms with van der Waals surface area (Å²) in [5.74, 6) is -0.566.